The molecule has 0 unspecified atom stereocenters. The molecular formula is C24H23NO4. The summed E-state index contributed by atoms with van der Waals surface area (Å²) in [5, 5.41) is 3.12. The molecule has 148 valence electrons. The maximum atomic E-state index is 12.9. The van der Waals surface area contributed by atoms with Gasteiger partial charge >= 0.3 is 0 Å². The third-order valence-electron chi connectivity index (χ3n) is 4.75. The van der Waals surface area contributed by atoms with E-state index in [4.69, 9.17) is 14.2 Å². The number of para-hydroxylation sites is 3. The van der Waals surface area contributed by atoms with Crippen LogP contribution in [0.4, 0.5) is 0 Å². The summed E-state index contributed by atoms with van der Waals surface area (Å²) in [4.78, 5) is 12.9. The predicted molar refractivity (Wildman–Crippen MR) is 111 cm³/mol. The average Bonchev–Trinajstić information content (AvgIpc) is 2.78. The van der Waals surface area contributed by atoms with Crippen molar-refractivity contribution in [3.05, 3.63) is 90.0 Å². The van der Waals surface area contributed by atoms with Crippen molar-refractivity contribution < 1.29 is 19.0 Å². The second-order valence-corrected chi connectivity index (χ2v) is 6.71. The maximum absolute atomic E-state index is 12.9. The summed E-state index contributed by atoms with van der Waals surface area (Å²) in [7, 11) is 0. The lowest BCUT2D eigenvalue weighted by molar-refractivity contribution is 0.0919. The second kappa shape index (κ2) is 9.15. The van der Waals surface area contributed by atoms with Crippen LogP contribution in [0, 0.1) is 0 Å². The van der Waals surface area contributed by atoms with Crippen molar-refractivity contribution in [3.63, 3.8) is 0 Å². The van der Waals surface area contributed by atoms with Gasteiger partial charge in [-0.1, -0.05) is 48.5 Å². The summed E-state index contributed by atoms with van der Waals surface area (Å²) in [5.74, 6) is 2.00. The molecule has 1 aliphatic rings. The minimum atomic E-state index is -0.161. The van der Waals surface area contributed by atoms with Crippen LogP contribution in [-0.4, -0.2) is 25.7 Å². The number of benzene rings is 3. The van der Waals surface area contributed by atoms with Gasteiger partial charge in [0, 0.05) is 12.0 Å². The minimum Gasteiger partial charge on any atom is -0.493 e. The van der Waals surface area contributed by atoms with Gasteiger partial charge in [-0.3, -0.25) is 4.79 Å². The molecule has 1 amide bonds. The number of nitrogens with one attached hydrogen (secondary N) is 1. The van der Waals surface area contributed by atoms with Gasteiger partial charge in [-0.2, -0.15) is 0 Å². The van der Waals surface area contributed by atoms with Crippen LogP contribution in [0.1, 0.15) is 28.4 Å². The molecule has 0 bridgehead atoms. The molecule has 1 N–H and O–H groups in total. The van der Waals surface area contributed by atoms with Gasteiger partial charge in [0.15, 0.2) is 0 Å². The van der Waals surface area contributed by atoms with Gasteiger partial charge in [0.05, 0.1) is 18.2 Å². The Morgan fingerprint density at radius 2 is 1.62 bits per heavy atom. The van der Waals surface area contributed by atoms with Gasteiger partial charge in [-0.05, 0) is 30.3 Å². The van der Waals surface area contributed by atoms with E-state index < -0.39 is 0 Å². The number of hydrogen-bond acceptors (Lipinski definition) is 4. The first kappa shape index (κ1) is 18.9. The smallest absolute Gasteiger partial charge is 0.255 e. The molecule has 5 heteroatoms. The third kappa shape index (κ3) is 4.69. The molecule has 5 nitrogen and oxygen atoms in total. The molecule has 1 atom stereocenters. The van der Waals surface area contributed by atoms with Gasteiger partial charge in [0.1, 0.15) is 30.5 Å². The first-order valence-corrected chi connectivity index (χ1v) is 9.73. The fraction of sp³-hybridized carbons (Fsp3) is 0.208. The summed E-state index contributed by atoms with van der Waals surface area (Å²) in [6.45, 7) is 1.32. The van der Waals surface area contributed by atoms with Gasteiger partial charge in [0.25, 0.3) is 5.91 Å². The Morgan fingerprint density at radius 3 is 2.52 bits per heavy atom. The highest BCUT2D eigenvalue weighted by atomic mass is 16.5. The van der Waals surface area contributed by atoms with E-state index in [1.807, 2.05) is 66.7 Å². The lowest BCUT2D eigenvalue weighted by atomic mass is 10.00. The van der Waals surface area contributed by atoms with Crippen molar-refractivity contribution in [1.29, 1.82) is 0 Å². The summed E-state index contributed by atoms with van der Waals surface area (Å²) in [5.41, 5.74) is 1.51. The van der Waals surface area contributed by atoms with Crippen LogP contribution in [0.5, 0.6) is 17.2 Å². The number of ether oxygens (including phenoxy) is 3. The molecule has 3 aromatic rings. The predicted octanol–water partition coefficient (Wildman–Crippen LogP) is 4.40. The zero-order chi connectivity index (χ0) is 19.9. The van der Waals surface area contributed by atoms with Crippen molar-refractivity contribution in [2.24, 2.45) is 0 Å². The van der Waals surface area contributed by atoms with Crippen LogP contribution in [0.25, 0.3) is 0 Å². The van der Waals surface area contributed by atoms with Crippen LogP contribution in [0.15, 0.2) is 78.9 Å². The topological polar surface area (TPSA) is 56.8 Å². The number of hydrogen-bond donors (Lipinski definition) is 1. The quantitative estimate of drug-likeness (QED) is 0.609. The van der Waals surface area contributed by atoms with Crippen molar-refractivity contribution in [3.8, 4) is 17.2 Å². The molecule has 0 aliphatic carbocycles. The Morgan fingerprint density at radius 1 is 0.897 bits per heavy atom. The largest absolute Gasteiger partial charge is 0.493 e. The number of carbonyl (C=O) groups excluding carboxylic acids is 1. The van der Waals surface area contributed by atoms with Crippen LogP contribution >= 0.6 is 0 Å². The lowest BCUT2D eigenvalue weighted by Gasteiger charge is -2.26. The van der Waals surface area contributed by atoms with Gasteiger partial charge in [0.2, 0.25) is 0 Å². The van der Waals surface area contributed by atoms with Gasteiger partial charge in [-0.15, -0.1) is 0 Å². The van der Waals surface area contributed by atoms with E-state index in [0.29, 0.717) is 31.1 Å². The van der Waals surface area contributed by atoms with E-state index in [2.05, 4.69) is 5.32 Å². The molecule has 1 aliphatic heterocycles. The third-order valence-corrected chi connectivity index (χ3v) is 4.75. The molecule has 0 radical (unpaired) electrons. The fourth-order valence-electron chi connectivity index (χ4n) is 3.34. The molecule has 0 saturated heterocycles. The molecule has 29 heavy (non-hydrogen) atoms. The highest BCUT2D eigenvalue weighted by Gasteiger charge is 2.24. The molecule has 1 heterocycles. The van der Waals surface area contributed by atoms with Crippen molar-refractivity contribution in [1.82, 2.24) is 5.32 Å². The van der Waals surface area contributed by atoms with E-state index in [0.717, 1.165) is 23.5 Å². The Bertz CT molecular complexity index is 958. The first-order chi connectivity index (χ1) is 14.3. The number of carbonyl (C=O) groups is 1. The molecule has 0 saturated carbocycles. The summed E-state index contributed by atoms with van der Waals surface area (Å²) in [6, 6.07) is 24.6. The van der Waals surface area contributed by atoms with Crippen molar-refractivity contribution in [2.75, 3.05) is 19.8 Å². The average molecular weight is 389 g/mol. The normalized spacial score (nSPS) is 15.0. The zero-order valence-electron chi connectivity index (χ0n) is 16.0. The number of fused-ring (bicyclic) bond motifs is 1. The van der Waals surface area contributed by atoms with Crippen LogP contribution < -0.4 is 19.5 Å². The maximum Gasteiger partial charge on any atom is 0.255 e. The SMILES string of the molecule is O=C(N[C@H]1CCOc2ccccc21)c1ccccc1OCCOc1ccccc1. The Kier molecular flexibility index (Phi) is 5.95. The van der Waals surface area contributed by atoms with E-state index in [-0.39, 0.29) is 11.9 Å². The summed E-state index contributed by atoms with van der Waals surface area (Å²) in [6.07, 6.45) is 0.733. The number of rotatable bonds is 7. The highest BCUT2D eigenvalue weighted by molar-refractivity contribution is 5.97. The Labute approximate surface area is 170 Å². The Balaban J connectivity index is 1.38. The van der Waals surface area contributed by atoms with E-state index in [1.54, 1.807) is 12.1 Å². The van der Waals surface area contributed by atoms with Crippen molar-refractivity contribution in [2.45, 2.75) is 12.5 Å². The van der Waals surface area contributed by atoms with Gasteiger partial charge < -0.3 is 19.5 Å². The highest BCUT2D eigenvalue weighted by Crippen LogP contribution is 2.32. The molecule has 3 aromatic carbocycles. The number of amides is 1. The van der Waals surface area contributed by atoms with Crippen LogP contribution in [0.3, 0.4) is 0 Å². The Hall–Kier alpha value is -3.47. The minimum absolute atomic E-state index is 0.0816. The standard InChI is InChI=1S/C24H23NO4/c26-24(25-21-14-15-28-22-12-6-4-10-19(21)22)20-11-5-7-13-23(20)29-17-16-27-18-8-2-1-3-9-18/h1-13,21H,14-17H2,(H,25,26)/t21-/m0/s1. The van der Waals surface area contributed by atoms with Crippen LogP contribution in [-0.2, 0) is 0 Å². The van der Waals surface area contributed by atoms with E-state index in [1.165, 1.54) is 0 Å². The zero-order valence-corrected chi connectivity index (χ0v) is 16.0. The molecule has 0 fully saturated rings. The summed E-state index contributed by atoms with van der Waals surface area (Å²) >= 11 is 0. The first-order valence-electron chi connectivity index (χ1n) is 9.73. The van der Waals surface area contributed by atoms with Gasteiger partial charge in [-0.25, -0.2) is 0 Å². The fourth-order valence-corrected chi connectivity index (χ4v) is 3.34. The molecule has 0 spiro atoms. The summed E-state index contributed by atoms with van der Waals surface area (Å²) < 4.78 is 17.2. The van der Waals surface area contributed by atoms with E-state index in [9.17, 15) is 4.79 Å². The van der Waals surface area contributed by atoms with E-state index >= 15 is 0 Å². The molecule has 4 rings (SSSR count). The lowest BCUT2D eigenvalue weighted by Crippen LogP contribution is -2.32. The monoisotopic (exact) mass is 389 g/mol. The molecular weight excluding hydrogens is 366 g/mol. The second-order valence-electron chi connectivity index (χ2n) is 6.71. The van der Waals surface area contributed by atoms with Crippen LogP contribution in [0.2, 0.25) is 0 Å². The van der Waals surface area contributed by atoms with Crippen molar-refractivity contribution >= 4 is 5.91 Å². The molecule has 0 aromatic heterocycles.